The summed E-state index contributed by atoms with van der Waals surface area (Å²) in [5.41, 5.74) is -0.404. The van der Waals surface area contributed by atoms with Gasteiger partial charge in [0.15, 0.2) is 5.16 Å². The van der Waals surface area contributed by atoms with Gasteiger partial charge in [0.1, 0.15) is 0 Å². The molecule has 2 heterocycles. The normalized spacial score (nSPS) is 10.5. The van der Waals surface area contributed by atoms with Gasteiger partial charge in [-0.1, -0.05) is 17.8 Å². The maximum Gasteiger partial charge on any atom is 0.362 e. The van der Waals surface area contributed by atoms with Crippen LogP contribution in [0.25, 0.3) is 0 Å². The van der Waals surface area contributed by atoms with Gasteiger partial charge >= 0.3 is 5.69 Å². The van der Waals surface area contributed by atoms with Crippen LogP contribution in [0.5, 0.6) is 0 Å². The van der Waals surface area contributed by atoms with Gasteiger partial charge in [0.25, 0.3) is 0 Å². The van der Waals surface area contributed by atoms with Gasteiger partial charge in [0.2, 0.25) is 5.91 Å². The van der Waals surface area contributed by atoms with Crippen LogP contribution in [0.15, 0.2) is 27.5 Å². The lowest BCUT2D eigenvalue weighted by atomic mass is 10.4. The zero-order valence-corrected chi connectivity index (χ0v) is 11.3. The Hall–Kier alpha value is -1.54. The van der Waals surface area contributed by atoms with Crippen molar-refractivity contribution in [1.82, 2.24) is 20.1 Å². The Morgan fingerprint density at radius 3 is 3.11 bits per heavy atom. The fourth-order valence-electron chi connectivity index (χ4n) is 1.29. The molecule has 0 saturated heterocycles. The number of carbonyl (C=O) groups excluding carboxylic acids is 1. The number of thiophene rings is 1. The average molecular weight is 284 g/mol. The maximum atomic E-state index is 11.6. The van der Waals surface area contributed by atoms with Crippen molar-refractivity contribution in [2.24, 2.45) is 7.05 Å². The van der Waals surface area contributed by atoms with Crippen LogP contribution in [-0.2, 0) is 18.4 Å². The van der Waals surface area contributed by atoms with Crippen LogP contribution in [0.3, 0.4) is 0 Å². The molecular weight excluding hydrogens is 272 g/mol. The number of nitrogens with zero attached hydrogens (tertiary/aromatic N) is 2. The smallest absolute Gasteiger partial charge is 0.350 e. The van der Waals surface area contributed by atoms with E-state index in [-0.39, 0.29) is 11.7 Å². The second-order valence-electron chi connectivity index (χ2n) is 3.52. The number of carbonyl (C=O) groups is 1. The van der Waals surface area contributed by atoms with E-state index in [1.807, 2.05) is 17.5 Å². The van der Waals surface area contributed by atoms with Crippen LogP contribution in [0.2, 0.25) is 0 Å². The molecular formula is C10H12N4O2S2. The highest BCUT2D eigenvalue weighted by Crippen LogP contribution is 2.11. The molecule has 2 N–H and O–H groups in total. The summed E-state index contributed by atoms with van der Waals surface area (Å²) in [6.45, 7) is 0.538. The number of H-pyrrole nitrogens is 1. The van der Waals surface area contributed by atoms with E-state index in [1.54, 1.807) is 18.4 Å². The Kier molecular flexibility index (Phi) is 4.21. The number of nitrogens with one attached hydrogen (secondary N) is 2. The second-order valence-corrected chi connectivity index (χ2v) is 5.49. The minimum Gasteiger partial charge on any atom is -0.350 e. The molecule has 0 aliphatic heterocycles. The number of aromatic amines is 1. The van der Waals surface area contributed by atoms with E-state index in [0.717, 1.165) is 4.88 Å². The van der Waals surface area contributed by atoms with Crippen molar-refractivity contribution in [3.8, 4) is 0 Å². The van der Waals surface area contributed by atoms with E-state index < -0.39 is 5.69 Å². The molecule has 0 spiro atoms. The van der Waals surface area contributed by atoms with Crippen molar-refractivity contribution in [2.45, 2.75) is 11.7 Å². The summed E-state index contributed by atoms with van der Waals surface area (Å²) in [7, 11) is 1.68. The molecule has 0 atom stereocenters. The predicted molar refractivity (Wildman–Crippen MR) is 70.7 cm³/mol. The van der Waals surface area contributed by atoms with Crippen molar-refractivity contribution in [2.75, 3.05) is 5.75 Å². The summed E-state index contributed by atoms with van der Waals surface area (Å²) < 4.78 is 1.50. The van der Waals surface area contributed by atoms with Gasteiger partial charge < -0.3 is 5.32 Å². The SMILES string of the molecule is Cn1[nH]c(=O)nc1SCC(=O)NCc1cccs1. The average Bonchev–Trinajstić information content (AvgIpc) is 2.94. The van der Waals surface area contributed by atoms with Gasteiger partial charge in [0.05, 0.1) is 12.3 Å². The van der Waals surface area contributed by atoms with E-state index in [9.17, 15) is 9.59 Å². The second kappa shape index (κ2) is 5.87. The van der Waals surface area contributed by atoms with Gasteiger partial charge in [-0.05, 0) is 11.4 Å². The third-order valence-corrected chi connectivity index (χ3v) is 4.03. The fraction of sp³-hybridized carbons (Fsp3) is 0.300. The Labute approximate surface area is 111 Å². The summed E-state index contributed by atoms with van der Waals surface area (Å²) in [5, 5.41) is 7.77. The van der Waals surface area contributed by atoms with Crippen LogP contribution >= 0.6 is 23.1 Å². The quantitative estimate of drug-likeness (QED) is 0.787. The van der Waals surface area contributed by atoms with Crippen LogP contribution in [0, 0.1) is 0 Å². The number of aryl methyl sites for hydroxylation is 1. The van der Waals surface area contributed by atoms with E-state index >= 15 is 0 Å². The van der Waals surface area contributed by atoms with Crippen molar-refractivity contribution < 1.29 is 4.79 Å². The summed E-state index contributed by atoms with van der Waals surface area (Å²) in [6, 6.07) is 3.91. The molecule has 0 saturated carbocycles. The third-order valence-electron chi connectivity index (χ3n) is 2.12. The number of rotatable bonds is 5. The molecule has 0 radical (unpaired) electrons. The van der Waals surface area contributed by atoms with Crippen LogP contribution in [-0.4, -0.2) is 26.4 Å². The molecule has 6 nitrogen and oxygen atoms in total. The van der Waals surface area contributed by atoms with E-state index in [1.165, 1.54) is 16.4 Å². The molecule has 96 valence electrons. The highest BCUT2D eigenvalue weighted by atomic mass is 32.2. The minimum absolute atomic E-state index is 0.0798. The first kappa shape index (κ1) is 12.9. The van der Waals surface area contributed by atoms with Crippen LogP contribution < -0.4 is 11.0 Å². The molecule has 2 aromatic heterocycles. The molecule has 2 aromatic rings. The zero-order valence-electron chi connectivity index (χ0n) is 9.67. The molecule has 0 aliphatic rings. The van der Waals surface area contributed by atoms with Gasteiger partial charge in [-0.2, -0.15) is 4.98 Å². The van der Waals surface area contributed by atoms with Gasteiger partial charge in [-0.3, -0.25) is 9.48 Å². The lowest BCUT2D eigenvalue weighted by Crippen LogP contribution is -2.24. The number of hydrogen-bond acceptors (Lipinski definition) is 5. The monoisotopic (exact) mass is 284 g/mol. The van der Waals surface area contributed by atoms with E-state index in [2.05, 4.69) is 15.4 Å². The summed E-state index contributed by atoms with van der Waals surface area (Å²) in [4.78, 5) is 27.4. The molecule has 0 aromatic carbocycles. The molecule has 0 fully saturated rings. The first-order valence-corrected chi connectivity index (χ1v) is 7.06. The fourth-order valence-corrected chi connectivity index (χ4v) is 2.68. The Morgan fingerprint density at radius 2 is 2.50 bits per heavy atom. The number of aromatic nitrogens is 3. The molecule has 0 unspecified atom stereocenters. The first-order valence-electron chi connectivity index (χ1n) is 5.20. The van der Waals surface area contributed by atoms with Gasteiger partial charge in [-0.15, -0.1) is 11.3 Å². The van der Waals surface area contributed by atoms with E-state index in [4.69, 9.17) is 0 Å². The van der Waals surface area contributed by atoms with Crippen molar-refractivity contribution in [1.29, 1.82) is 0 Å². The minimum atomic E-state index is -0.404. The summed E-state index contributed by atoms with van der Waals surface area (Å²) in [6.07, 6.45) is 0. The largest absolute Gasteiger partial charge is 0.362 e. The topological polar surface area (TPSA) is 79.8 Å². The molecule has 2 rings (SSSR count). The lowest BCUT2D eigenvalue weighted by molar-refractivity contribution is -0.118. The van der Waals surface area contributed by atoms with Crippen LogP contribution in [0.4, 0.5) is 0 Å². The number of thioether (sulfide) groups is 1. The van der Waals surface area contributed by atoms with Crippen molar-refractivity contribution >= 4 is 29.0 Å². The standard InChI is InChI=1S/C10H12N4O2S2/c1-14-10(12-9(16)13-14)18-6-8(15)11-5-7-3-2-4-17-7/h2-4H,5-6H2,1H3,(H,11,15)(H,13,16). The van der Waals surface area contributed by atoms with Crippen molar-refractivity contribution in [3.05, 3.63) is 32.9 Å². The molecule has 1 amide bonds. The Balaban J connectivity index is 1.78. The summed E-state index contributed by atoms with van der Waals surface area (Å²) in [5.74, 6) is 0.160. The molecule has 18 heavy (non-hydrogen) atoms. The zero-order chi connectivity index (χ0) is 13.0. The van der Waals surface area contributed by atoms with Gasteiger partial charge in [-0.25, -0.2) is 9.89 Å². The Morgan fingerprint density at radius 1 is 1.67 bits per heavy atom. The highest BCUT2D eigenvalue weighted by molar-refractivity contribution is 7.99. The lowest BCUT2D eigenvalue weighted by Gasteiger charge is -2.03. The molecule has 0 bridgehead atoms. The van der Waals surface area contributed by atoms with Gasteiger partial charge in [0, 0.05) is 11.9 Å². The highest BCUT2D eigenvalue weighted by Gasteiger charge is 2.07. The third kappa shape index (κ3) is 3.47. The van der Waals surface area contributed by atoms with E-state index in [0.29, 0.717) is 11.7 Å². The predicted octanol–water partition coefficient (Wildman–Crippen LogP) is 0.578. The van der Waals surface area contributed by atoms with Crippen LogP contribution in [0.1, 0.15) is 4.88 Å². The number of hydrogen-bond donors (Lipinski definition) is 2. The number of amides is 1. The maximum absolute atomic E-state index is 11.6. The molecule has 0 aliphatic carbocycles. The first-order chi connectivity index (χ1) is 8.65. The Bertz CT molecular complexity index is 573. The molecule has 8 heteroatoms. The van der Waals surface area contributed by atoms with Crippen molar-refractivity contribution in [3.63, 3.8) is 0 Å². The summed E-state index contributed by atoms with van der Waals surface area (Å²) >= 11 is 2.83.